The summed E-state index contributed by atoms with van der Waals surface area (Å²) in [6.07, 6.45) is 0. The highest BCUT2D eigenvalue weighted by molar-refractivity contribution is 5.91. The van der Waals surface area contributed by atoms with Crippen LogP contribution in [0, 0.1) is 17.0 Å². The number of carbonyl (C=O) groups is 1. The third-order valence-electron chi connectivity index (χ3n) is 4.12. The summed E-state index contributed by atoms with van der Waals surface area (Å²) >= 11 is 0. The maximum absolute atomic E-state index is 12.1. The Bertz CT molecular complexity index is 988. The maximum atomic E-state index is 12.1. The Morgan fingerprint density at radius 3 is 2.31 bits per heavy atom. The predicted octanol–water partition coefficient (Wildman–Crippen LogP) is 4.50. The van der Waals surface area contributed by atoms with Gasteiger partial charge in [0.05, 0.1) is 4.92 Å². The first-order valence-corrected chi connectivity index (χ1v) is 8.96. The lowest BCUT2D eigenvalue weighted by atomic mass is 10.2. The van der Waals surface area contributed by atoms with E-state index in [2.05, 4.69) is 5.32 Å². The van der Waals surface area contributed by atoms with Crippen molar-refractivity contribution < 1.29 is 19.2 Å². The van der Waals surface area contributed by atoms with E-state index in [9.17, 15) is 14.9 Å². The van der Waals surface area contributed by atoms with Crippen molar-refractivity contribution in [2.24, 2.45) is 0 Å². The Morgan fingerprint density at radius 1 is 0.966 bits per heavy atom. The lowest BCUT2D eigenvalue weighted by Crippen LogP contribution is -2.20. The second kappa shape index (κ2) is 9.36. The standard InChI is InChI=1S/C22H20N2O5/c1-16-13-20(11-12-21(16)24(26)27)29-15-22(25)23-18-7-9-19(10-8-18)28-14-17-5-3-2-4-6-17/h2-13H,14-15H2,1H3,(H,23,25). The summed E-state index contributed by atoms with van der Waals surface area (Å²) in [7, 11) is 0. The quantitative estimate of drug-likeness (QED) is 0.450. The second-order valence-corrected chi connectivity index (χ2v) is 6.34. The van der Waals surface area contributed by atoms with Crippen LogP contribution in [0.25, 0.3) is 0 Å². The third kappa shape index (κ3) is 5.80. The average molecular weight is 392 g/mol. The fraction of sp³-hybridized carbons (Fsp3) is 0.136. The summed E-state index contributed by atoms with van der Waals surface area (Å²) in [6, 6.07) is 21.2. The van der Waals surface area contributed by atoms with Crippen molar-refractivity contribution in [2.45, 2.75) is 13.5 Å². The van der Waals surface area contributed by atoms with Gasteiger partial charge in [-0.3, -0.25) is 14.9 Å². The SMILES string of the molecule is Cc1cc(OCC(=O)Nc2ccc(OCc3ccccc3)cc2)ccc1[N+](=O)[O-]. The minimum Gasteiger partial charge on any atom is -0.489 e. The highest BCUT2D eigenvalue weighted by Gasteiger charge is 2.11. The average Bonchev–Trinajstić information content (AvgIpc) is 2.72. The van der Waals surface area contributed by atoms with E-state index in [0.29, 0.717) is 29.4 Å². The van der Waals surface area contributed by atoms with E-state index in [0.717, 1.165) is 5.56 Å². The largest absolute Gasteiger partial charge is 0.489 e. The molecule has 1 N–H and O–H groups in total. The fourth-order valence-electron chi connectivity index (χ4n) is 2.64. The normalized spacial score (nSPS) is 10.2. The molecule has 0 heterocycles. The number of carbonyl (C=O) groups excluding carboxylic acids is 1. The minimum atomic E-state index is -0.459. The third-order valence-corrected chi connectivity index (χ3v) is 4.12. The molecule has 0 aromatic heterocycles. The molecule has 3 rings (SSSR count). The number of ether oxygens (including phenoxy) is 2. The van der Waals surface area contributed by atoms with Gasteiger partial charge in [0, 0.05) is 17.3 Å². The highest BCUT2D eigenvalue weighted by Crippen LogP contribution is 2.23. The van der Waals surface area contributed by atoms with Gasteiger partial charge in [-0.05, 0) is 48.9 Å². The second-order valence-electron chi connectivity index (χ2n) is 6.34. The summed E-state index contributed by atoms with van der Waals surface area (Å²) in [4.78, 5) is 22.4. The molecule has 3 aromatic carbocycles. The Morgan fingerprint density at radius 2 is 1.66 bits per heavy atom. The number of nitrogens with zero attached hydrogens (tertiary/aromatic N) is 1. The number of anilines is 1. The van der Waals surface area contributed by atoms with Crippen LogP contribution in [-0.2, 0) is 11.4 Å². The molecule has 0 aliphatic heterocycles. The van der Waals surface area contributed by atoms with Crippen molar-refractivity contribution in [3.8, 4) is 11.5 Å². The van der Waals surface area contributed by atoms with Crippen LogP contribution < -0.4 is 14.8 Å². The van der Waals surface area contributed by atoms with E-state index in [1.165, 1.54) is 18.2 Å². The smallest absolute Gasteiger partial charge is 0.272 e. The first-order valence-electron chi connectivity index (χ1n) is 8.96. The van der Waals surface area contributed by atoms with Crippen molar-refractivity contribution in [3.63, 3.8) is 0 Å². The molecule has 148 valence electrons. The van der Waals surface area contributed by atoms with Gasteiger partial charge in [-0.25, -0.2) is 0 Å². The summed E-state index contributed by atoms with van der Waals surface area (Å²) in [5, 5.41) is 13.6. The minimum absolute atomic E-state index is 0.0105. The molecule has 0 atom stereocenters. The topological polar surface area (TPSA) is 90.7 Å². The van der Waals surface area contributed by atoms with Crippen molar-refractivity contribution in [3.05, 3.63) is 94.0 Å². The zero-order valence-electron chi connectivity index (χ0n) is 15.8. The molecule has 29 heavy (non-hydrogen) atoms. The number of hydrogen-bond donors (Lipinski definition) is 1. The van der Waals surface area contributed by atoms with Gasteiger partial charge in [-0.1, -0.05) is 30.3 Å². The molecule has 7 heteroatoms. The van der Waals surface area contributed by atoms with Gasteiger partial charge < -0.3 is 14.8 Å². The van der Waals surface area contributed by atoms with Gasteiger partial charge in [0.25, 0.3) is 11.6 Å². The first-order chi connectivity index (χ1) is 14.0. The van der Waals surface area contributed by atoms with E-state index < -0.39 is 4.92 Å². The molecular formula is C22H20N2O5. The zero-order valence-corrected chi connectivity index (χ0v) is 15.8. The molecule has 7 nitrogen and oxygen atoms in total. The molecule has 0 unspecified atom stereocenters. The summed E-state index contributed by atoms with van der Waals surface area (Å²) < 4.78 is 11.1. The molecule has 0 saturated carbocycles. The number of rotatable bonds is 8. The molecule has 0 fully saturated rings. The lowest BCUT2D eigenvalue weighted by molar-refractivity contribution is -0.385. The van der Waals surface area contributed by atoms with Crippen molar-refractivity contribution in [2.75, 3.05) is 11.9 Å². The molecule has 1 amide bonds. The van der Waals surface area contributed by atoms with E-state index in [4.69, 9.17) is 9.47 Å². The van der Waals surface area contributed by atoms with E-state index in [1.54, 1.807) is 31.2 Å². The highest BCUT2D eigenvalue weighted by atomic mass is 16.6. The molecule has 0 radical (unpaired) electrons. The van der Waals surface area contributed by atoms with Crippen LogP contribution >= 0.6 is 0 Å². The van der Waals surface area contributed by atoms with Crippen LogP contribution in [0.5, 0.6) is 11.5 Å². The first kappa shape index (κ1) is 19.9. The lowest BCUT2D eigenvalue weighted by Gasteiger charge is -2.10. The monoisotopic (exact) mass is 392 g/mol. The molecular weight excluding hydrogens is 372 g/mol. The van der Waals surface area contributed by atoms with E-state index in [1.807, 2.05) is 30.3 Å². The van der Waals surface area contributed by atoms with Gasteiger partial charge in [-0.15, -0.1) is 0 Å². The number of hydrogen-bond acceptors (Lipinski definition) is 5. The van der Waals surface area contributed by atoms with E-state index >= 15 is 0 Å². The zero-order chi connectivity index (χ0) is 20.6. The number of aryl methyl sites for hydroxylation is 1. The number of nitro benzene ring substituents is 1. The number of nitro groups is 1. The maximum Gasteiger partial charge on any atom is 0.272 e. The molecule has 0 spiro atoms. The Hall–Kier alpha value is -3.87. The van der Waals surface area contributed by atoms with Crippen LogP contribution in [0.2, 0.25) is 0 Å². The van der Waals surface area contributed by atoms with Crippen molar-refractivity contribution in [1.29, 1.82) is 0 Å². The summed E-state index contributed by atoms with van der Waals surface area (Å²) in [5.74, 6) is 0.760. The summed E-state index contributed by atoms with van der Waals surface area (Å²) in [5.41, 5.74) is 2.17. The fourth-order valence-corrected chi connectivity index (χ4v) is 2.64. The van der Waals surface area contributed by atoms with E-state index in [-0.39, 0.29) is 18.2 Å². The molecule has 0 bridgehead atoms. The van der Waals surface area contributed by atoms with Crippen LogP contribution in [0.3, 0.4) is 0 Å². The van der Waals surface area contributed by atoms with Gasteiger partial charge in [-0.2, -0.15) is 0 Å². The Balaban J connectivity index is 1.48. The van der Waals surface area contributed by atoms with Crippen LogP contribution in [0.15, 0.2) is 72.8 Å². The molecule has 0 saturated heterocycles. The van der Waals surface area contributed by atoms with Crippen molar-refractivity contribution >= 4 is 17.3 Å². The van der Waals surface area contributed by atoms with Gasteiger partial charge in [0.15, 0.2) is 6.61 Å². The van der Waals surface area contributed by atoms with Gasteiger partial charge in [0.1, 0.15) is 18.1 Å². The summed E-state index contributed by atoms with van der Waals surface area (Å²) in [6.45, 7) is 1.88. The molecule has 0 aliphatic carbocycles. The van der Waals surface area contributed by atoms with Gasteiger partial charge in [0.2, 0.25) is 0 Å². The van der Waals surface area contributed by atoms with Crippen LogP contribution in [0.1, 0.15) is 11.1 Å². The Labute approximate surface area is 168 Å². The number of benzene rings is 3. The predicted molar refractivity (Wildman–Crippen MR) is 109 cm³/mol. The van der Waals surface area contributed by atoms with Crippen LogP contribution in [0.4, 0.5) is 11.4 Å². The van der Waals surface area contributed by atoms with Crippen LogP contribution in [-0.4, -0.2) is 17.4 Å². The number of nitrogens with one attached hydrogen (secondary N) is 1. The number of amides is 1. The molecule has 3 aromatic rings. The van der Waals surface area contributed by atoms with Gasteiger partial charge >= 0.3 is 0 Å². The van der Waals surface area contributed by atoms with Crippen molar-refractivity contribution in [1.82, 2.24) is 0 Å². The molecule has 0 aliphatic rings. The Kier molecular flexibility index (Phi) is 6.42.